The monoisotopic (exact) mass is 460 g/mol. The van der Waals surface area contributed by atoms with Gasteiger partial charge < -0.3 is 24.6 Å². The molecule has 8 heteroatoms. The second kappa shape index (κ2) is 8.72. The maximum absolute atomic E-state index is 13.1. The van der Waals surface area contributed by atoms with Crippen molar-refractivity contribution in [1.29, 1.82) is 0 Å². The molecule has 2 atom stereocenters. The molecule has 5 rings (SSSR count). The van der Waals surface area contributed by atoms with Crippen LogP contribution >= 0.6 is 0 Å². The summed E-state index contributed by atoms with van der Waals surface area (Å²) in [6.07, 6.45) is -1.05. The van der Waals surface area contributed by atoms with E-state index in [0.29, 0.717) is 22.8 Å². The number of urea groups is 1. The third-order valence-electron chi connectivity index (χ3n) is 6.02. The average Bonchev–Trinajstić information content (AvgIpc) is 3.42. The van der Waals surface area contributed by atoms with Gasteiger partial charge in [0.05, 0.1) is 6.54 Å². The molecule has 1 fully saturated rings. The number of carbonyl (C=O) groups excluding carboxylic acids is 2. The molecular formula is C26H24N2O6. The summed E-state index contributed by atoms with van der Waals surface area (Å²) in [7, 11) is 0. The predicted molar refractivity (Wildman–Crippen MR) is 124 cm³/mol. The highest BCUT2D eigenvalue weighted by molar-refractivity contribution is 6.07. The van der Waals surface area contributed by atoms with Crippen LogP contribution in [0.1, 0.15) is 12.5 Å². The minimum Gasteiger partial charge on any atom is -0.491 e. The molecule has 2 aliphatic rings. The van der Waals surface area contributed by atoms with Crippen molar-refractivity contribution in [3.63, 3.8) is 0 Å². The van der Waals surface area contributed by atoms with E-state index in [2.05, 4.69) is 5.32 Å². The van der Waals surface area contributed by atoms with E-state index < -0.39 is 23.6 Å². The molecule has 2 unspecified atom stereocenters. The molecule has 174 valence electrons. The van der Waals surface area contributed by atoms with Gasteiger partial charge in [-0.2, -0.15) is 0 Å². The lowest BCUT2D eigenvalue weighted by molar-refractivity contribution is -0.132. The smallest absolute Gasteiger partial charge is 0.325 e. The Morgan fingerprint density at radius 1 is 1.00 bits per heavy atom. The molecule has 0 aliphatic carbocycles. The molecule has 8 nitrogen and oxygen atoms in total. The number of hydrogen-bond acceptors (Lipinski definition) is 6. The highest BCUT2D eigenvalue weighted by atomic mass is 16.7. The topological polar surface area (TPSA) is 97.3 Å². The fraction of sp³-hybridized carbons (Fsp3) is 0.231. The largest absolute Gasteiger partial charge is 0.491 e. The highest BCUT2D eigenvalue weighted by Crippen LogP contribution is 2.37. The number of fused-ring (bicyclic) bond motifs is 1. The number of imide groups is 1. The number of ether oxygens (including phenoxy) is 3. The van der Waals surface area contributed by atoms with Crippen LogP contribution in [0.15, 0.2) is 72.8 Å². The van der Waals surface area contributed by atoms with Crippen LogP contribution in [0.25, 0.3) is 11.1 Å². The van der Waals surface area contributed by atoms with Gasteiger partial charge in [-0.15, -0.1) is 0 Å². The molecule has 0 aromatic heterocycles. The van der Waals surface area contributed by atoms with Gasteiger partial charge in [-0.25, -0.2) is 4.79 Å². The molecule has 0 bridgehead atoms. The minimum absolute atomic E-state index is 0.0670. The van der Waals surface area contributed by atoms with Gasteiger partial charge in [-0.1, -0.05) is 48.5 Å². The summed E-state index contributed by atoms with van der Waals surface area (Å²) in [6, 6.07) is 22.0. The first-order valence-corrected chi connectivity index (χ1v) is 10.9. The summed E-state index contributed by atoms with van der Waals surface area (Å²) < 4.78 is 16.4. The predicted octanol–water partition coefficient (Wildman–Crippen LogP) is 3.29. The second-order valence-corrected chi connectivity index (χ2v) is 8.39. The third kappa shape index (κ3) is 4.04. The van der Waals surface area contributed by atoms with E-state index in [1.54, 1.807) is 25.1 Å². The Morgan fingerprint density at radius 3 is 2.47 bits per heavy atom. The first kappa shape index (κ1) is 21.8. The van der Waals surface area contributed by atoms with Gasteiger partial charge in [0.1, 0.15) is 24.0 Å². The average molecular weight is 460 g/mol. The van der Waals surface area contributed by atoms with Crippen molar-refractivity contribution >= 4 is 11.9 Å². The van der Waals surface area contributed by atoms with E-state index in [-0.39, 0.29) is 19.9 Å². The van der Waals surface area contributed by atoms with Crippen molar-refractivity contribution in [2.75, 3.05) is 19.9 Å². The van der Waals surface area contributed by atoms with Crippen LogP contribution in [0.4, 0.5) is 4.79 Å². The second-order valence-electron chi connectivity index (χ2n) is 8.39. The van der Waals surface area contributed by atoms with Crippen molar-refractivity contribution in [2.45, 2.75) is 18.6 Å². The number of rotatable bonds is 7. The maximum Gasteiger partial charge on any atom is 0.325 e. The molecule has 3 aromatic rings. The lowest BCUT2D eigenvalue weighted by Gasteiger charge is -2.23. The highest BCUT2D eigenvalue weighted by Gasteiger charge is 2.49. The molecule has 0 radical (unpaired) electrons. The number of aliphatic hydroxyl groups excluding tert-OH is 1. The van der Waals surface area contributed by atoms with Crippen LogP contribution in [-0.2, 0) is 10.3 Å². The van der Waals surface area contributed by atoms with Gasteiger partial charge in [0, 0.05) is 0 Å². The standard InChI is InChI=1S/C26H24N2O6/c1-26(19-9-12-22-23(13-19)34-16-33-22)24(30)28(25(31)27-26)14-20(29)15-32-21-10-7-18(8-11-21)17-5-3-2-4-6-17/h2-13,20,29H,14-16H2,1H3,(H,27,31). The van der Waals surface area contributed by atoms with E-state index in [9.17, 15) is 14.7 Å². The lowest BCUT2D eigenvalue weighted by Crippen LogP contribution is -2.42. The van der Waals surface area contributed by atoms with E-state index in [1.165, 1.54) is 0 Å². The van der Waals surface area contributed by atoms with Gasteiger partial charge in [0.25, 0.3) is 5.91 Å². The summed E-state index contributed by atoms with van der Waals surface area (Å²) in [5, 5.41) is 13.2. The van der Waals surface area contributed by atoms with Crippen LogP contribution in [-0.4, -0.2) is 48.0 Å². The molecule has 2 heterocycles. The van der Waals surface area contributed by atoms with E-state index in [1.807, 2.05) is 54.6 Å². The fourth-order valence-corrected chi connectivity index (χ4v) is 4.10. The summed E-state index contributed by atoms with van der Waals surface area (Å²) in [5.74, 6) is 1.24. The number of benzene rings is 3. The SMILES string of the molecule is CC1(c2ccc3c(c2)OCO3)NC(=O)N(CC(O)COc2ccc(-c3ccccc3)cc2)C1=O. The number of carbonyl (C=O) groups is 2. The Hall–Kier alpha value is -4.04. The third-order valence-corrected chi connectivity index (χ3v) is 6.02. The summed E-state index contributed by atoms with van der Waals surface area (Å²) in [5.41, 5.74) is 1.45. The number of hydrogen-bond donors (Lipinski definition) is 2. The molecule has 1 saturated heterocycles. The van der Waals surface area contributed by atoms with Gasteiger partial charge >= 0.3 is 6.03 Å². The first-order chi connectivity index (χ1) is 16.4. The minimum atomic E-state index is -1.27. The van der Waals surface area contributed by atoms with Crippen LogP contribution in [0.5, 0.6) is 17.2 Å². The Balaban J connectivity index is 1.20. The van der Waals surface area contributed by atoms with Crippen molar-refractivity contribution in [2.24, 2.45) is 0 Å². The summed E-state index contributed by atoms with van der Waals surface area (Å²) in [6.45, 7) is 1.49. The Kier molecular flexibility index (Phi) is 5.59. The zero-order valence-corrected chi connectivity index (χ0v) is 18.6. The van der Waals surface area contributed by atoms with Crippen LogP contribution < -0.4 is 19.5 Å². The molecule has 34 heavy (non-hydrogen) atoms. The molecule has 0 saturated carbocycles. The quantitative estimate of drug-likeness (QED) is 0.525. The molecule has 2 N–H and O–H groups in total. The number of β-amino-alcohol motifs (C(OH)–C–C–N with tert-alkyl or cyclic N) is 1. The van der Waals surface area contributed by atoms with Gasteiger partial charge in [0.2, 0.25) is 6.79 Å². The zero-order chi connectivity index (χ0) is 23.7. The number of aliphatic hydroxyl groups is 1. The van der Waals surface area contributed by atoms with E-state index >= 15 is 0 Å². The Morgan fingerprint density at radius 2 is 1.71 bits per heavy atom. The summed E-state index contributed by atoms with van der Waals surface area (Å²) in [4.78, 5) is 26.7. The lowest BCUT2D eigenvalue weighted by atomic mass is 9.91. The number of nitrogens with one attached hydrogen (secondary N) is 1. The van der Waals surface area contributed by atoms with Crippen molar-refractivity contribution in [3.8, 4) is 28.4 Å². The van der Waals surface area contributed by atoms with Crippen molar-refractivity contribution in [1.82, 2.24) is 10.2 Å². The Bertz CT molecular complexity index is 1210. The van der Waals surface area contributed by atoms with Crippen molar-refractivity contribution < 1.29 is 28.9 Å². The fourth-order valence-electron chi connectivity index (χ4n) is 4.10. The first-order valence-electron chi connectivity index (χ1n) is 10.9. The number of amides is 3. The molecule has 3 amide bonds. The summed E-state index contributed by atoms with van der Waals surface area (Å²) >= 11 is 0. The molecule has 0 spiro atoms. The van der Waals surface area contributed by atoms with Gasteiger partial charge in [-0.05, 0) is 47.9 Å². The van der Waals surface area contributed by atoms with Crippen LogP contribution in [0, 0.1) is 0 Å². The molecular weight excluding hydrogens is 436 g/mol. The number of nitrogens with zero attached hydrogens (tertiary/aromatic N) is 1. The van der Waals surface area contributed by atoms with Gasteiger partial charge in [-0.3, -0.25) is 9.69 Å². The maximum atomic E-state index is 13.1. The molecule has 2 aliphatic heterocycles. The van der Waals surface area contributed by atoms with E-state index in [0.717, 1.165) is 16.0 Å². The van der Waals surface area contributed by atoms with Crippen LogP contribution in [0.3, 0.4) is 0 Å². The van der Waals surface area contributed by atoms with Crippen LogP contribution in [0.2, 0.25) is 0 Å². The van der Waals surface area contributed by atoms with Gasteiger partial charge in [0.15, 0.2) is 11.5 Å². The molecule has 3 aromatic carbocycles. The van der Waals surface area contributed by atoms with Crippen molar-refractivity contribution in [3.05, 3.63) is 78.4 Å². The Labute approximate surface area is 196 Å². The normalized spacial score (nSPS) is 19.8. The van der Waals surface area contributed by atoms with E-state index in [4.69, 9.17) is 14.2 Å². The zero-order valence-electron chi connectivity index (χ0n) is 18.6.